The van der Waals surface area contributed by atoms with Gasteiger partial charge in [0.15, 0.2) is 0 Å². The van der Waals surface area contributed by atoms with Gasteiger partial charge in [0.2, 0.25) is 0 Å². The van der Waals surface area contributed by atoms with E-state index < -0.39 is 0 Å². The maximum atomic E-state index is 5.90. The van der Waals surface area contributed by atoms with E-state index in [1.807, 2.05) is 0 Å². The molecule has 0 amide bonds. The Labute approximate surface area is 133 Å². The van der Waals surface area contributed by atoms with Crippen LogP contribution in [0.5, 0.6) is 0 Å². The van der Waals surface area contributed by atoms with E-state index in [1.165, 1.54) is 0 Å². The van der Waals surface area contributed by atoms with Crippen molar-refractivity contribution in [3.8, 4) is 0 Å². The SMILES string of the molecule is C.CC(C)CNCCN1CCO[C@@H](CN(C)CC(C)C)C1. The van der Waals surface area contributed by atoms with Gasteiger partial charge in [0.1, 0.15) is 0 Å². The van der Waals surface area contributed by atoms with Gasteiger partial charge in [-0.2, -0.15) is 0 Å². The fourth-order valence-corrected chi connectivity index (χ4v) is 2.77. The number of hydrogen-bond donors (Lipinski definition) is 1. The van der Waals surface area contributed by atoms with Gasteiger partial charge in [-0.1, -0.05) is 35.1 Å². The normalized spacial score (nSPS) is 20.3. The molecule has 1 aliphatic rings. The first kappa shape index (κ1) is 20.8. The molecule has 1 saturated heterocycles. The van der Waals surface area contributed by atoms with Crippen molar-refractivity contribution in [1.82, 2.24) is 15.1 Å². The molecule has 0 radical (unpaired) electrons. The minimum absolute atomic E-state index is 0. The molecular formula is C17H39N3O. The van der Waals surface area contributed by atoms with Crippen LogP contribution in [-0.4, -0.2) is 75.4 Å². The topological polar surface area (TPSA) is 27.7 Å². The predicted octanol–water partition coefficient (Wildman–Crippen LogP) is 2.16. The van der Waals surface area contributed by atoms with Crippen LogP contribution in [0.4, 0.5) is 0 Å². The summed E-state index contributed by atoms with van der Waals surface area (Å²) in [5.41, 5.74) is 0. The lowest BCUT2D eigenvalue weighted by Gasteiger charge is -2.35. The highest BCUT2D eigenvalue weighted by Gasteiger charge is 2.21. The Balaban J connectivity index is 0.00000400. The smallest absolute Gasteiger partial charge is 0.0829 e. The van der Waals surface area contributed by atoms with Crippen LogP contribution in [0.3, 0.4) is 0 Å². The molecule has 0 aromatic heterocycles. The Kier molecular flexibility index (Phi) is 11.3. The summed E-state index contributed by atoms with van der Waals surface area (Å²) in [4.78, 5) is 4.93. The zero-order valence-electron chi connectivity index (χ0n) is 14.2. The molecule has 1 aliphatic heterocycles. The van der Waals surface area contributed by atoms with E-state index in [-0.39, 0.29) is 7.43 Å². The maximum Gasteiger partial charge on any atom is 0.0829 e. The first-order valence-corrected chi connectivity index (χ1v) is 8.20. The van der Waals surface area contributed by atoms with Gasteiger partial charge in [-0.05, 0) is 25.4 Å². The number of likely N-dealkylation sites (N-methyl/N-ethyl adjacent to an activating group) is 1. The third kappa shape index (κ3) is 10.2. The fourth-order valence-electron chi connectivity index (χ4n) is 2.77. The van der Waals surface area contributed by atoms with E-state index in [4.69, 9.17) is 4.74 Å². The van der Waals surface area contributed by atoms with Gasteiger partial charge >= 0.3 is 0 Å². The fraction of sp³-hybridized carbons (Fsp3) is 1.00. The third-order valence-electron chi connectivity index (χ3n) is 3.57. The zero-order chi connectivity index (χ0) is 15.0. The Morgan fingerprint density at radius 2 is 1.95 bits per heavy atom. The second-order valence-corrected chi connectivity index (χ2v) is 7.01. The molecule has 1 heterocycles. The van der Waals surface area contributed by atoms with Gasteiger partial charge in [-0.3, -0.25) is 4.90 Å². The lowest BCUT2D eigenvalue weighted by molar-refractivity contribution is -0.0409. The average molecular weight is 302 g/mol. The molecule has 0 unspecified atom stereocenters. The van der Waals surface area contributed by atoms with Gasteiger partial charge in [0.25, 0.3) is 0 Å². The number of rotatable bonds is 9. The number of morpholine rings is 1. The highest BCUT2D eigenvalue weighted by Crippen LogP contribution is 2.07. The van der Waals surface area contributed by atoms with Gasteiger partial charge < -0.3 is 15.0 Å². The number of nitrogens with zero attached hydrogens (tertiary/aromatic N) is 2. The lowest BCUT2D eigenvalue weighted by atomic mass is 10.2. The molecule has 4 nitrogen and oxygen atoms in total. The minimum atomic E-state index is 0. The summed E-state index contributed by atoms with van der Waals surface area (Å²) in [6.45, 7) is 17.6. The van der Waals surface area contributed by atoms with E-state index in [2.05, 4.69) is 49.9 Å². The molecule has 1 N–H and O–H groups in total. The van der Waals surface area contributed by atoms with Crippen molar-refractivity contribution in [3.05, 3.63) is 0 Å². The zero-order valence-corrected chi connectivity index (χ0v) is 14.2. The van der Waals surface area contributed by atoms with Crippen molar-refractivity contribution >= 4 is 0 Å². The van der Waals surface area contributed by atoms with E-state index >= 15 is 0 Å². The molecule has 1 rings (SSSR count). The third-order valence-corrected chi connectivity index (χ3v) is 3.57. The lowest BCUT2D eigenvalue weighted by Crippen LogP contribution is -2.49. The Bertz CT molecular complexity index is 246. The van der Waals surface area contributed by atoms with E-state index in [0.29, 0.717) is 6.10 Å². The standard InChI is InChI=1S/C16H35N3O.CH4/c1-14(2)10-17-6-7-19-8-9-20-16(13-19)12-18(5)11-15(3)4;/h14-17H,6-13H2,1-5H3;1H4/t16-;/m0./s1. The van der Waals surface area contributed by atoms with Crippen LogP contribution in [0, 0.1) is 11.8 Å². The summed E-state index contributed by atoms with van der Waals surface area (Å²) in [7, 11) is 2.20. The average Bonchev–Trinajstić information content (AvgIpc) is 2.33. The van der Waals surface area contributed by atoms with Crippen LogP contribution in [0.25, 0.3) is 0 Å². The van der Waals surface area contributed by atoms with Crippen molar-refractivity contribution in [2.24, 2.45) is 11.8 Å². The molecule has 128 valence electrons. The van der Waals surface area contributed by atoms with Crippen molar-refractivity contribution in [3.63, 3.8) is 0 Å². The molecular weight excluding hydrogens is 262 g/mol. The molecule has 1 fully saturated rings. The second kappa shape index (κ2) is 11.4. The van der Waals surface area contributed by atoms with Crippen LogP contribution in [-0.2, 0) is 4.74 Å². The molecule has 0 spiro atoms. The highest BCUT2D eigenvalue weighted by molar-refractivity contribution is 4.75. The van der Waals surface area contributed by atoms with Gasteiger partial charge in [-0.25, -0.2) is 0 Å². The van der Waals surface area contributed by atoms with Gasteiger partial charge in [-0.15, -0.1) is 0 Å². The summed E-state index contributed by atoms with van der Waals surface area (Å²) in [5, 5.41) is 3.52. The van der Waals surface area contributed by atoms with Crippen molar-refractivity contribution in [1.29, 1.82) is 0 Å². The molecule has 4 heteroatoms. The van der Waals surface area contributed by atoms with E-state index in [9.17, 15) is 0 Å². The Morgan fingerprint density at radius 1 is 1.24 bits per heavy atom. The quantitative estimate of drug-likeness (QED) is 0.661. The highest BCUT2D eigenvalue weighted by atomic mass is 16.5. The maximum absolute atomic E-state index is 5.90. The van der Waals surface area contributed by atoms with Crippen molar-refractivity contribution in [2.75, 3.05) is 59.5 Å². The van der Waals surface area contributed by atoms with E-state index in [0.717, 1.165) is 64.3 Å². The summed E-state index contributed by atoms with van der Waals surface area (Å²) in [6.07, 6.45) is 0.373. The summed E-state index contributed by atoms with van der Waals surface area (Å²) >= 11 is 0. The molecule has 21 heavy (non-hydrogen) atoms. The minimum Gasteiger partial charge on any atom is -0.374 e. The Morgan fingerprint density at radius 3 is 2.57 bits per heavy atom. The van der Waals surface area contributed by atoms with Crippen molar-refractivity contribution < 1.29 is 4.74 Å². The van der Waals surface area contributed by atoms with Crippen LogP contribution >= 0.6 is 0 Å². The summed E-state index contributed by atoms with van der Waals surface area (Å²) < 4.78 is 5.90. The summed E-state index contributed by atoms with van der Waals surface area (Å²) in [5.74, 6) is 1.46. The molecule has 1 atom stereocenters. The largest absolute Gasteiger partial charge is 0.374 e. The van der Waals surface area contributed by atoms with Crippen LogP contribution in [0.1, 0.15) is 35.1 Å². The first-order valence-electron chi connectivity index (χ1n) is 8.20. The van der Waals surface area contributed by atoms with E-state index in [1.54, 1.807) is 0 Å². The van der Waals surface area contributed by atoms with Crippen molar-refractivity contribution in [2.45, 2.75) is 41.2 Å². The molecule has 0 aromatic carbocycles. The molecule has 0 bridgehead atoms. The Hall–Kier alpha value is -0.160. The van der Waals surface area contributed by atoms with Crippen LogP contribution in [0.2, 0.25) is 0 Å². The second-order valence-electron chi connectivity index (χ2n) is 7.01. The monoisotopic (exact) mass is 301 g/mol. The number of hydrogen-bond acceptors (Lipinski definition) is 4. The number of ether oxygens (including phenoxy) is 1. The van der Waals surface area contributed by atoms with Crippen LogP contribution < -0.4 is 5.32 Å². The molecule has 0 aliphatic carbocycles. The summed E-state index contributed by atoms with van der Waals surface area (Å²) in [6, 6.07) is 0. The molecule has 0 aromatic rings. The molecule has 0 saturated carbocycles. The van der Waals surface area contributed by atoms with Gasteiger partial charge in [0.05, 0.1) is 12.7 Å². The number of nitrogens with one attached hydrogen (secondary N) is 1. The van der Waals surface area contributed by atoms with Gasteiger partial charge in [0, 0.05) is 39.3 Å². The van der Waals surface area contributed by atoms with Crippen LogP contribution in [0.15, 0.2) is 0 Å². The first-order chi connectivity index (χ1) is 9.47. The predicted molar refractivity (Wildman–Crippen MR) is 93.0 cm³/mol.